The van der Waals surface area contributed by atoms with E-state index in [0.29, 0.717) is 11.1 Å². The standard InChI is InChI=1S/C9H9NO3/c1-5-3-7(12)8(10-4-11)6(2)9(5)13/h3,12-13H,1-2H3. The van der Waals surface area contributed by atoms with Gasteiger partial charge in [0.15, 0.2) is 0 Å². The number of phenolic OH excluding ortho intramolecular Hbond substituents is 2. The van der Waals surface area contributed by atoms with Crippen LogP contribution in [0.2, 0.25) is 0 Å². The molecule has 68 valence electrons. The SMILES string of the molecule is Cc1cc(O)c(N=C=O)c(C)c1O. The van der Waals surface area contributed by atoms with Crippen LogP contribution in [0.1, 0.15) is 11.1 Å². The topological polar surface area (TPSA) is 69.9 Å². The van der Waals surface area contributed by atoms with Crippen LogP contribution in [0.4, 0.5) is 5.69 Å². The maximum atomic E-state index is 9.99. The van der Waals surface area contributed by atoms with Crippen LogP contribution in [0.15, 0.2) is 11.1 Å². The van der Waals surface area contributed by atoms with E-state index >= 15 is 0 Å². The number of aromatic hydroxyl groups is 2. The zero-order valence-electron chi connectivity index (χ0n) is 7.33. The smallest absolute Gasteiger partial charge is 0.240 e. The quantitative estimate of drug-likeness (QED) is 0.391. The molecule has 0 unspecified atom stereocenters. The Balaban J connectivity index is 3.52. The summed E-state index contributed by atoms with van der Waals surface area (Å²) in [6.45, 7) is 3.22. The lowest BCUT2D eigenvalue weighted by atomic mass is 10.1. The van der Waals surface area contributed by atoms with E-state index in [1.165, 1.54) is 12.1 Å². The summed E-state index contributed by atoms with van der Waals surface area (Å²) in [4.78, 5) is 13.3. The second-order valence-corrected chi connectivity index (χ2v) is 2.74. The maximum Gasteiger partial charge on any atom is 0.240 e. The van der Waals surface area contributed by atoms with Gasteiger partial charge in [-0.25, -0.2) is 4.79 Å². The van der Waals surface area contributed by atoms with Crippen LogP contribution in [0, 0.1) is 13.8 Å². The Morgan fingerprint density at radius 3 is 2.54 bits per heavy atom. The Morgan fingerprint density at radius 2 is 2.00 bits per heavy atom. The van der Waals surface area contributed by atoms with Crippen molar-refractivity contribution in [2.45, 2.75) is 13.8 Å². The van der Waals surface area contributed by atoms with Crippen molar-refractivity contribution in [3.05, 3.63) is 17.2 Å². The second-order valence-electron chi connectivity index (χ2n) is 2.74. The predicted molar refractivity (Wildman–Crippen MR) is 47.0 cm³/mol. The van der Waals surface area contributed by atoms with Gasteiger partial charge in [-0.3, -0.25) is 0 Å². The van der Waals surface area contributed by atoms with Crippen molar-refractivity contribution in [1.82, 2.24) is 0 Å². The average molecular weight is 179 g/mol. The summed E-state index contributed by atoms with van der Waals surface area (Å²) in [5.41, 5.74) is 0.985. The highest BCUT2D eigenvalue weighted by molar-refractivity contribution is 5.67. The fraction of sp³-hybridized carbons (Fsp3) is 0.222. The fourth-order valence-electron chi connectivity index (χ4n) is 1.13. The number of nitrogens with zero attached hydrogens (tertiary/aromatic N) is 1. The zero-order valence-corrected chi connectivity index (χ0v) is 7.33. The molecule has 0 spiro atoms. The van der Waals surface area contributed by atoms with E-state index in [1.54, 1.807) is 13.8 Å². The molecule has 4 heteroatoms. The van der Waals surface area contributed by atoms with Crippen LogP contribution in [-0.2, 0) is 4.79 Å². The molecule has 0 heterocycles. The first kappa shape index (κ1) is 9.29. The number of aryl methyl sites for hydroxylation is 1. The van der Waals surface area contributed by atoms with Crippen molar-refractivity contribution in [2.75, 3.05) is 0 Å². The molecule has 1 rings (SSSR count). The summed E-state index contributed by atoms with van der Waals surface area (Å²) in [5, 5.41) is 18.8. The van der Waals surface area contributed by atoms with Crippen LogP contribution in [0.25, 0.3) is 0 Å². The highest BCUT2D eigenvalue weighted by Crippen LogP contribution is 2.37. The number of phenols is 2. The lowest BCUT2D eigenvalue weighted by Crippen LogP contribution is -1.82. The second kappa shape index (κ2) is 3.29. The van der Waals surface area contributed by atoms with Gasteiger partial charge in [0, 0.05) is 5.56 Å². The van der Waals surface area contributed by atoms with Crippen molar-refractivity contribution in [2.24, 2.45) is 4.99 Å². The lowest BCUT2D eigenvalue weighted by molar-refractivity contribution is 0.454. The van der Waals surface area contributed by atoms with Crippen molar-refractivity contribution in [3.8, 4) is 11.5 Å². The highest BCUT2D eigenvalue weighted by Gasteiger charge is 2.10. The van der Waals surface area contributed by atoms with E-state index in [0.717, 1.165) is 0 Å². The summed E-state index contributed by atoms with van der Waals surface area (Å²) in [6, 6.07) is 1.35. The first-order chi connectivity index (χ1) is 6.07. The Labute approximate surface area is 75.2 Å². The number of carbonyl (C=O) groups excluding carboxylic acids is 1. The van der Waals surface area contributed by atoms with Gasteiger partial charge in [0.2, 0.25) is 6.08 Å². The zero-order chi connectivity index (χ0) is 10.0. The molecule has 0 saturated carbocycles. The summed E-state index contributed by atoms with van der Waals surface area (Å²) in [5.74, 6) is -0.0945. The van der Waals surface area contributed by atoms with Crippen molar-refractivity contribution < 1.29 is 15.0 Å². The molecule has 0 aliphatic heterocycles. The van der Waals surface area contributed by atoms with E-state index in [9.17, 15) is 15.0 Å². The minimum Gasteiger partial charge on any atom is -0.507 e. The number of isocyanates is 1. The molecule has 4 nitrogen and oxygen atoms in total. The van der Waals surface area contributed by atoms with Gasteiger partial charge in [-0.05, 0) is 25.5 Å². The summed E-state index contributed by atoms with van der Waals surface area (Å²) >= 11 is 0. The number of aliphatic imine (C=N–C) groups is 1. The molecule has 0 fully saturated rings. The first-order valence-electron chi connectivity index (χ1n) is 3.68. The molecule has 1 aromatic rings. The lowest BCUT2D eigenvalue weighted by Gasteiger charge is -2.06. The third kappa shape index (κ3) is 1.53. The van der Waals surface area contributed by atoms with E-state index in [-0.39, 0.29) is 17.2 Å². The Hall–Kier alpha value is -1.80. The molecule has 0 aromatic heterocycles. The van der Waals surface area contributed by atoms with Crippen LogP contribution in [0.5, 0.6) is 11.5 Å². The first-order valence-corrected chi connectivity index (χ1v) is 3.68. The van der Waals surface area contributed by atoms with Crippen LogP contribution in [0.3, 0.4) is 0 Å². The van der Waals surface area contributed by atoms with Gasteiger partial charge < -0.3 is 10.2 Å². The van der Waals surface area contributed by atoms with Gasteiger partial charge in [0.1, 0.15) is 17.2 Å². The number of hydrogen-bond acceptors (Lipinski definition) is 4. The fourth-order valence-corrected chi connectivity index (χ4v) is 1.13. The molecule has 0 saturated heterocycles. The van der Waals surface area contributed by atoms with Gasteiger partial charge in [-0.2, -0.15) is 4.99 Å². The molecule has 0 bridgehead atoms. The van der Waals surface area contributed by atoms with Gasteiger partial charge in [0.25, 0.3) is 0 Å². The molecule has 0 aliphatic carbocycles. The van der Waals surface area contributed by atoms with Gasteiger partial charge in [0.05, 0.1) is 0 Å². The van der Waals surface area contributed by atoms with E-state index in [4.69, 9.17) is 0 Å². The molecule has 0 amide bonds. The predicted octanol–water partition coefficient (Wildman–Crippen LogP) is 1.68. The molecule has 0 radical (unpaired) electrons. The highest BCUT2D eigenvalue weighted by atomic mass is 16.3. The number of hydrogen-bond donors (Lipinski definition) is 2. The third-order valence-corrected chi connectivity index (χ3v) is 1.84. The monoisotopic (exact) mass is 179 g/mol. The summed E-state index contributed by atoms with van der Waals surface area (Å²) < 4.78 is 0. The van der Waals surface area contributed by atoms with Gasteiger partial charge in [-0.15, -0.1) is 0 Å². The van der Waals surface area contributed by atoms with Gasteiger partial charge in [-0.1, -0.05) is 0 Å². The number of benzene rings is 1. The van der Waals surface area contributed by atoms with Crippen LogP contribution >= 0.6 is 0 Å². The van der Waals surface area contributed by atoms with Crippen molar-refractivity contribution in [1.29, 1.82) is 0 Å². The molecule has 13 heavy (non-hydrogen) atoms. The Morgan fingerprint density at radius 1 is 1.38 bits per heavy atom. The minimum absolute atomic E-state index is 0.0341. The third-order valence-electron chi connectivity index (χ3n) is 1.84. The maximum absolute atomic E-state index is 9.99. The van der Waals surface area contributed by atoms with Crippen LogP contribution in [-0.4, -0.2) is 16.3 Å². The Kier molecular flexibility index (Phi) is 2.35. The minimum atomic E-state index is -0.129. The van der Waals surface area contributed by atoms with E-state index < -0.39 is 0 Å². The van der Waals surface area contributed by atoms with Crippen molar-refractivity contribution in [3.63, 3.8) is 0 Å². The molecular weight excluding hydrogens is 170 g/mol. The summed E-state index contributed by atoms with van der Waals surface area (Å²) in [7, 11) is 0. The largest absolute Gasteiger partial charge is 0.507 e. The molecule has 2 N–H and O–H groups in total. The molecular formula is C9H9NO3. The molecule has 1 aromatic carbocycles. The van der Waals surface area contributed by atoms with Crippen molar-refractivity contribution >= 4 is 11.8 Å². The van der Waals surface area contributed by atoms with Crippen LogP contribution < -0.4 is 0 Å². The van der Waals surface area contributed by atoms with Gasteiger partial charge >= 0.3 is 0 Å². The van der Waals surface area contributed by atoms with E-state index in [1.807, 2.05) is 0 Å². The summed E-state index contributed by atoms with van der Waals surface area (Å²) in [6.07, 6.45) is 1.32. The van der Waals surface area contributed by atoms with E-state index in [2.05, 4.69) is 4.99 Å². The number of rotatable bonds is 1. The average Bonchev–Trinajstić information content (AvgIpc) is 2.09. The molecule has 0 aliphatic rings. The molecule has 0 atom stereocenters. The Bertz CT molecular complexity index is 392. The normalized spacial score (nSPS) is 9.38.